The van der Waals surface area contributed by atoms with E-state index in [4.69, 9.17) is 0 Å². The first kappa shape index (κ1) is 10.2. The van der Waals surface area contributed by atoms with Crippen LogP contribution in [0.3, 0.4) is 0 Å². The molecule has 1 rings (SSSR count). The molecule has 1 heterocycles. The van der Waals surface area contributed by atoms with Crippen LogP contribution in [0.2, 0.25) is 0 Å². The standard InChI is InChI=1S/C9H17N3O/c1-6(2)7(3)10-5-9-8(4)11-13-12-9/h6-7,10H,5H2,1-4H3. The molecule has 1 unspecified atom stereocenters. The highest BCUT2D eigenvalue weighted by atomic mass is 16.6. The van der Waals surface area contributed by atoms with Crippen LogP contribution in [0.15, 0.2) is 4.63 Å². The van der Waals surface area contributed by atoms with Crippen molar-refractivity contribution in [3.63, 3.8) is 0 Å². The van der Waals surface area contributed by atoms with Crippen molar-refractivity contribution in [2.24, 2.45) is 5.92 Å². The molecule has 1 aromatic rings. The van der Waals surface area contributed by atoms with E-state index in [0.717, 1.165) is 17.9 Å². The Kier molecular flexibility index (Phi) is 3.42. The summed E-state index contributed by atoms with van der Waals surface area (Å²) in [6.07, 6.45) is 0. The minimum absolute atomic E-state index is 0.482. The Bertz CT molecular complexity index is 257. The van der Waals surface area contributed by atoms with Gasteiger partial charge < -0.3 is 5.32 Å². The summed E-state index contributed by atoms with van der Waals surface area (Å²) < 4.78 is 4.60. The maximum atomic E-state index is 4.60. The van der Waals surface area contributed by atoms with Gasteiger partial charge in [0, 0.05) is 12.6 Å². The van der Waals surface area contributed by atoms with E-state index in [2.05, 4.69) is 41.0 Å². The SMILES string of the molecule is Cc1nonc1CNC(C)C(C)C. The Labute approximate surface area is 78.7 Å². The molecule has 0 radical (unpaired) electrons. The van der Waals surface area contributed by atoms with Crippen LogP contribution in [0.1, 0.15) is 32.2 Å². The lowest BCUT2D eigenvalue weighted by molar-refractivity contribution is 0.299. The van der Waals surface area contributed by atoms with Gasteiger partial charge >= 0.3 is 0 Å². The molecule has 1 aromatic heterocycles. The summed E-state index contributed by atoms with van der Waals surface area (Å²) in [6.45, 7) is 9.16. The number of nitrogens with zero attached hydrogens (tertiary/aromatic N) is 2. The number of aryl methyl sites for hydroxylation is 1. The summed E-state index contributed by atoms with van der Waals surface area (Å²) in [5.41, 5.74) is 1.76. The van der Waals surface area contributed by atoms with Crippen LogP contribution in [0.4, 0.5) is 0 Å². The fourth-order valence-electron chi connectivity index (χ4n) is 0.903. The van der Waals surface area contributed by atoms with Crippen molar-refractivity contribution in [3.8, 4) is 0 Å². The molecule has 4 heteroatoms. The third-order valence-electron chi connectivity index (χ3n) is 2.34. The molecule has 1 N–H and O–H groups in total. The Morgan fingerprint density at radius 2 is 2.00 bits per heavy atom. The molecule has 0 saturated carbocycles. The molecule has 74 valence electrons. The van der Waals surface area contributed by atoms with Gasteiger partial charge in [-0.2, -0.15) is 0 Å². The van der Waals surface area contributed by atoms with E-state index in [0.29, 0.717) is 12.0 Å². The van der Waals surface area contributed by atoms with Crippen molar-refractivity contribution in [2.75, 3.05) is 0 Å². The van der Waals surface area contributed by atoms with Crippen LogP contribution in [-0.2, 0) is 6.54 Å². The molecule has 0 aromatic carbocycles. The summed E-state index contributed by atoms with van der Waals surface area (Å²) in [5.74, 6) is 0.625. The zero-order chi connectivity index (χ0) is 9.84. The van der Waals surface area contributed by atoms with Crippen molar-refractivity contribution in [1.29, 1.82) is 0 Å². The van der Waals surface area contributed by atoms with Crippen molar-refractivity contribution < 1.29 is 4.63 Å². The second-order valence-corrected chi connectivity index (χ2v) is 3.71. The second-order valence-electron chi connectivity index (χ2n) is 3.71. The lowest BCUT2D eigenvalue weighted by atomic mass is 10.1. The van der Waals surface area contributed by atoms with Crippen molar-refractivity contribution in [3.05, 3.63) is 11.4 Å². The number of aromatic nitrogens is 2. The van der Waals surface area contributed by atoms with Gasteiger partial charge in [0.2, 0.25) is 0 Å². The van der Waals surface area contributed by atoms with Crippen LogP contribution >= 0.6 is 0 Å². The minimum Gasteiger partial charge on any atom is -0.308 e. The molecule has 0 saturated heterocycles. The summed E-state index contributed by atoms with van der Waals surface area (Å²) in [4.78, 5) is 0. The van der Waals surface area contributed by atoms with Crippen LogP contribution in [0.5, 0.6) is 0 Å². The van der Waals surface area contributed by atoms with Gasteiger partial charge in [0.25, 0.3) is 0 Å². The van der Waals surface area contributed by atoms with Gasteiger partial charge in [-0.3, -0.25) is 0 Å². The van der Waals surface area contributed by atoms with Crippen LogP contribution in [0, 0.1) is 12.8 Å². The van der Waals surface area contributed by atoms with E-state index in [1.165, 1.54) is 0 Å². The van der Waals surface area contributed by atoms with Gasteiger partial charge in [0.1, 0.15) is 11.4 Å². The first-order chi connectivity index (χ1) is 6.11. The molecule has 0 aliphatic rings. The first-order valence-corrected chi connectivity index (χ1v) is 4.62. The molecule has 13 heavy (non-hydrogen) atoms. The Hall–Kier alpha value is -0.900. The maximum Gasteiger partial charge on any atom is 0.121 e. The summed E-state index contributed by atoms with van der Waals surface area (Å²) in [5, 5.41) is 10.9. The minimum atomic E-state index is 0.482. The largest absolute Gasteiger partial charge is 0.308 e. The number of hydrogen-bond donors (Lipinski definition) is 1. The smallest absolute Gasteiger partial charge is 0.121 e. The zero-order valence-electron chi connectivity index (χ0n) is 8.66. The van der Waals surface area contributed by atoms with Gasteiger partial charge in [0.05, 0.1) is 0 Å². The Morgan fingerprint density at radius 1 is 1.31 bits per heavy atom. The van der Waals surface area contributed by atoms with Gasteiger partial charge in [-0.15, -0.1) is 0 Å². The maximum absolute atomic E-state index is 4.60. The monoisotopic (exact) mass is 183 g/mol. The van der Waals surface area contributed by atoms with Gasteiger partial charge in [0.15, 0.2) is 0 Å². The summed E-state index contributed by atoms with van der Waals surface area (Å²) >= 11 is 0. The van der Waals surface area contributed by atoms with Gasteiger partial charge in [-0.1, -0.05) is 24.2 Å². The average Bonchev–Trinajstić information content (AvgIpc) is 2.47. The van der Waals surface area contributed by atoms with Gasteiger partial charge in [-0.25, -0.2) is 4.63 Å². The molecule has 0 fully saturated rings. The first-order valence-electron chi connectivity index (χ1n) is 4.62. The number of hydrogen-bond acceptors (Lipinski definition) is 4. The van der Waals surface area contributed by atoms with Crippen LogP contribution in [0.25, 0.3) is 0 Å². The van der Waals surface area contributed by atoms with E-state index in [-0.39, 0.29) is 0 Å². The second kappa shape index (κ2) is 4.37. The van der Waals surface area contributed by atoms with E-state index >= 15 is 0 Å². The predicted molar refractivity (Wildman–Crippen MR) is 50.2 cm³/mol. The summed E-state index contributed by atoms with van der Waals surface area (Å²) in [6, 6.07) is 0.482. The quantitative estimate of drug-likeness (QED) is 0.768. The highest BCUT2D eigenvalue weighted by Crippen LogP contribution is 2.03. The van der Waals surface area contributed by atoms with Gasteiger partial charge in [-0.05, 0) is 19.8 Å². The molecule has 0 aliphatic heterocycles. The summed E-state index contributed by atoms with van der Waals surface area (Å²) in [7, 11) is 0. The van der Waals surface area contributed by atoms with Crippen LogP contribution < -0.4 is 5.32 Å². The predicted octanol–water partition coefficient (Wildman–Crippen LogP) is 1.51. The van der Waals surface area contributed by atoms with Crippen molar-refractivity contribution >= 4 is 0 Å². The molecule has 0 aliphatic carbocycles. The van der Waals surface area contributed by atoms with E-state index in [1.807, 2.05) is 6.92 Å². The lowest BCUT2D eigenvalue weighted by Gasteiger charge is -2.16. The molecule has 0 bridgehead atoms. The average molecular weight is 183 g/mol. The highest BCUT2D eigenvalue weighted by Gasteiger charge is 2.09. The van der Waals surface area contributed by atoms with Crippen LogP contribution in [-0.4, -0.2) is 16.4 Å². The molecule has 0 amide bonds. The molecule has 1 atom stereocenters. The molecular weight excluding hydrogens is 166 g/mol. The Morgan fingerprint density at radius 3 is 2.46 bits per heavy atom. The van der Waals surface area contributed by atoms with E-state index in [9.17, 15) is 0 Å². The third-order valence-corrected chi connectivity index (χ3v) is 2.34. The fraction of sp³-hybridized carbons (Fsp3) is 0.778. The zero-order valence-corrected chi connectivity index (χ0v) is 8.66. The number of rotatable bonds is 4. The molecule has 4 nitrogen and oxygen atoms in total. The fourth-order valence-corrected chi connectivity index (χ4v) is 0.903. The topological polar surface area (TPSA) is 51.0 Å². The highest BCUT2D eigenvalue weighted by molar-refractivity contribution is 5.03. The molecule has 0 spiro atoms. The third kappa shape index (κ3) is 2.81. The van der Waals surface area contributed by atoms with E-state index < -0.39 is 0 Å². The number of nitrogens with one attached hydrogen (secondary N) is 1. The molecular formula is C9H17N3O. The Balaban J connectivity index is 2.39. The van der Waals surface area contributed by atoms with E-state index in [1.54, 1.807) is 0 Å². The van der Waals surface area contributed by atoms with Crippen molar-refractivity contribution in [1.82, 2.24) is 15.6 Å². The lowest BCUT2D eigenvalue weighted by Crippen LogP contribution is -2.30. The van der Waals surface area contributed by atoms with Crippen molar-refractivity contribution in [2.45, 2.75) is 40.3 Å². The normalized spacial score (nSPS) is 13.6.